The highest BCUT2D eigenvalue weighted by molar-refractivity contribution is 6.04. The fraction of sp³-hybridized carbons (Fsp3) is 0.200. The Kier molecular flexibility index (Phi) is 6.28. The average Bonchev–Trinajstić information content (AvgIpc) is 2.74. The highest BCUT2D eigenvalue weighted by Gasteiger charge is 2.39. The molecule has 0 aliphatic carbocycles. The number of hydrogen-bond acceptors (Lipinski definition) is 6. The van der Waals surface area contributed by atoms with Crippen molar-refractivity contribution in [3.05, 3.63) is 59.4 Å². The molecule has 2 amide bonds. The topological polar surface area (TPSA) is 166 Å². The number of halogens is 1. The van der Waals surface area contributed by atoms with Gasteiger partial charge in [0.1, 0.15) is 11.7 Å². The lowest BCUT2D eigenvalue weighted by atomic mass is 10.1. The minimum Gasteiger partial charge on any atom is -0.478 e. The molecule has 1 fully saturated rings. The number of carboxylic acid groups (broad SMARTS) is 1. The van der Waals surface area contributed by atoms with E-state index < -0.39 is 41.4 Å². The van der Waals surface area contributed by atoms with E-state index in [2.05, 4.69) is 5.32 Å². The number of nitrogen functional groups attached to an aromatic ring is 1. The lowest BCUT2D eigenvalue weighted by molar-refractivity contribution is -0.150. The van der Waals surface area contributed by atoms with Crippen LogP contribution in [0.3, 0.4) is 0 Å². The van der Waals surface area contributed by atoms with Crippen LogP contribution in [0.2, 0.25) is 0 Å². The van der Waals surface area contributed by atoms with Crippen LogP contribution < -0.4 is 16.0 Å². The molecule has 1 aliphatic rings. The number of rotatable bonds is 6. The molecule has 0 bridgehead atoms. The largest absolute Gasteiger partial charge is 0.478 e. The molecule has 2 aromatic rings. The molecule has 1 saturated heterocycles. The van der Waals surface area contributed by atoms with Gasteiger partial charge in [-0.3, -0.25) is 15.0 Å². The fourth-order valence-electron chi connectivity index (χ4n) is 3.02. The van der Waals surface area contributed by atoms with Crippen molar-refractivity contribution in [3.63, 3.8) is 0 Å². The number of hydrogen-bond donors (Lipinski definition) is 5. The summed E-state index contributed by atoms with van der Waals surface area (Å²) >= 11 is 0. The molecule has 1 heterocycles. The maximum atomic E-state index is 13.7. The Labute approximate surface area is 175 Å². The Balaban J connectivity index is 1.74. The van der Waals surface area contributed by atoms with Gasteiger partial charge in [0.25, 0.3) is 11.8 Å². The van der Waals surface area contributed by atoms with Gasteiger partial charge >= 0.3 is 5.97 Å². The standard InChI is InChI=1S/C20H19FN4O6/c21-14-6-5-12(9-13(14)20(29)30)25-7-8-31-16(19(25)28)15(26)18(27)24-11-3-1-10(2-4-11)17(22)23/h1-6,9,15-16,26H,7-8H2,(H3,22,23)(H,24,27)(H,29,30). The third-order valence-electron chi connectivity index (χ3n) is 4.63. The highest BCUT2D eigenvalue weighted by atomic mass is 19.1. The van der Waals surface area contributed by atoms with Crippen molar-refractivity contribution in [1.82, 2.24) is 0 Å². The molecular formula is C20H19FN4O6. The molecule has 3 rings (SSSR count). The summed E-state index contributed by atoms with van der Waals surface area (Å²) in [5.74, 6) is -4.27. The maximum absolute atomic E-state index is 13.7. The van der Waals surface area contributed by atoms with Gasteiger partial charge in [0.05, 0.1) is 12.2 Å². The van der Waals surface area contributed by atoms with Crippen LogP contribution in [0.1, 0.15) is 15.9 Å². The van der Waals surface area contributed by atoms with E-state index >= 15 is 0 Å². The molecule has 2 unspecified atom stereocenters. The van der Waals surface area contributed by atoms with Crippen LogP contribution in [0.5, 0.6) is 0 Å². The fourth-order valence-corrected chi connectivity index (χ4v) is 3.02. The summed E-state index contributed by atoms with van der Waals surface area (Å²) in [5.41, 5.74) is 5.60. The van der Waals surface area contributed by atoms with E-state index in [-0.39, 0.29) is 24.7 Å². The SMILES string of the molecule is N=C(N)c1ccc(NC(=O)C(O)C2OCCN(c3ccc(F)c(C(=O)O)c3)C2=O)cc1. The quantitative estimate of drug-likeness (QED) is 0.329. The third kappa shape index (κ3) is 4.68. The molecule has 31 heavy (non-hydrogen) atoms. The van der Waals surface area contributed by atoms with Gasteiger partial charge in [-0.25, -0.2) is 9.18 Å². The average molecular weight is 430 g/mol. The van der Waals surface area contributed by atoms with Gasteiger partial charge < -0.3 is 30.9 Å². The molecular weight excluding hydrogens is 411 g/mol. The predicted molar refractivity (Wildman–Crippen MR) is 108 cm³/mol. The number of carbonyl (C=O) groups is 3. The number of carbonyl (C=O) groups excluding carboxylic acids is 2. The normalized spacial score (nSPS) is 17.2. The van der Waals surface area contributed by atoms with Crippen molar-refractivity contribution in [2.24, 2.45) is 5.73 Å². The van der Waals surface area contributed by atoms with E-state index in [9.17, 15) is 23.9 Å². The van der Waals surface area contributed by atoms with Crippen molar-refractivity contribution in [1.29, 1.82) is 5.41 Å². The summed E-state index contributed by atoms with van der Waals surface area (Å²) in [7, 11) is 0. The van der Waals surface area contributed by atoms with Crippen molar-refractivity contribution >= 4 is 35.0 Å². The molecule has 10 nitrogen and oxygen atoms in total. The number of carboxylic acids is 1. The number of aliphatic hydroxyl groups is 1. The summed E-state index contributed by atoms with van der Waals surface area (Å²) in [5, 5.41) is 29.2. The molecule has 11 heteroatoms. The van der Waals surface area contributed by atoms with Crippen LogP contribution in [0, 0.1) is 11.2 Å². The van der Waals surface area contributed by atoms with Gasteiger partial charge in [0.15, 0.2) is 12.2 Å². The number of nitrogens with one attached hydrogen (secondary N) is 2. The summed E-state index contributed by atoms with van der Waals surface area (Å²) in [6, 6.07) is 9.11. The van der Waals surface area contributed by atoms with Gasteiger partial charge in [0, 0.05) is 23.5 Å². The first-order valence-electron chi connectivity index (χ1n) is 9.08. The molecule has 0 radical (unpaired) electrons. The Hall–Kier alpha value is -3.83. The maximum Gasteiger partial charge on any atom is 0.338 e. The molecule has 2 atom stereocenters. The second-order valence-corrected chi connectivity index (χ2v) is 6.68. The van der Waals surface area contributed by atoms with E-state index in [1.165, 1.54) is 30.3 Å². The lowest BCUT2D eigenvalue weighted by Crippen LogP contribution is -2.55. The van der Waals surface area contributed by atoms with Crippen molar-refractivity contribution in [3.8, 4) is 0 Å². The number of morpholine rings is 1. The smallest absolute Gasteiger partial charge is 0.338 e. The van der Waals surface area contributed by atoms with Gasteiger partial charge in [-0.05, 0) is 42.5 Å². The number of amides is 2. The van der Waals surface area contributed by atoms with Crippen LogP contribution in [0.4, 0.5) is 15.8 Å². The Morgan fingerprint density at radius 1 is 1.26 bits per heavy atom. The molecule has 1 aliphatic heterocycles. The van der Waals surface area contributed by atoms with E-state index in [0.717, 1.165) is 17.0 Å². The van der Waals surface area contributed by atoms with Gasteiger partial charge in [-0.15, -0.1) is 0 Å². The number of benzene rings is 2. The first-order chi connectivity index (χ1) is 14.7. The zero-order valence-corrected chi connectivity index (χ0v) is 16.0. The minimum atomic E-state index is -1.86. The minimum absolute atomic E-state index is 0.0286. The zero-order valence-electron chi connectivity index (χ0n) is 16.0. The third-order valence-corrected chi connectivity index (χ3v) is 4.63. The predicted octanol–water partition coefficient (Wildman–Crippen LogP) is 0.539. The zero-order chi connectivity index (χ0) is 22.7. The van der Waals surface area contributed by atoms with E-state index in [4.69, 9.17) is 21.0 Å². The Morgan fingerprint density at radius 3 is 2.55 bits per heavy atom. The van der Waals surface area contributed by atoms with Gasteiger partial charge in [-0.1, -0.05) is 0 Å². The van der Waals surface area contributed by atoms with E-state index in [1.807, 2.05) is 0 Å². The second kappa shape index (κ2) is 8.90. The Morgan fingerprint density at radius 2 is 1.94 bits per heavy atom. The van der Waals surface area contributed by atoms with Gasteiger partial charge in [-0.2, -0.15) is 0 Å². The monoisotopic (exact) mass is 430 g/mol. The second-order valence-electron chi connectivity index (χ2n) is 6.68. The van der Waals surface area contributed by atoms with Crippen molar-refractivity contribution < 1.29 is 33.7 Å². The lowest BCUT2D eigenvalue weighted by Gasteiger charge is -2.34. The molecule has 6 N–H and O–H groups in total. The molecule has 0 saturated carbocycles. The molecule has 0 aromatic heterocycles. The number of nitrogens with zero attached hydrogens (tertiary/aromatic N) is 1. The van der Waals surface area contributed by atoms with Crippen LogP contribution >= 0.6 is 0 Å². The number of amidine groups is 1. The van der Waals surface area contributed by atoms with Crippen LogP contribution in [0.15, 0.2) is 42.5 Å². The summed E-state index contributed by atoms with van der Waals surface area (Å²) < 4.78 is 18.9. The van der Waals surface area contributed by atoms with E-state index in [1.54, 1.807) is 0 Å². The summed E-state index contributed by atoms with van der Waals surface area (Å²) in [4.78, 5) is 37.5. The van der Waals surface area contributed by atoms with Crippen molar-refractivity contribution in [2.75, 3.05) is 23.4 Å². The summed E-state index contributed by atoms with van der Waals surface area (Å²) in [6.45, 7) is -0.00525. The van der Waals surface area contributed by atoms with Crippen LogP contribution in [-0.4, -0.2) is 59.2 Å². The molecule has 2 aromatic carbocycles. The van der Waals surface area contributed by atoms with Gasteiger partial charge in [0.2, 0.25) is 0 Å². The number of aromatic carboxylic acids is 1. The highest BCUT2D eigenvalue weighted by Crippen LogP contribution is 2.23. The van der Waals surface area contributed by atoms with E-state index in [0.29, 0.717) is 11.3 Å². The Bertz CT molecular complexity index is 1040. The first kappa shape index (κ1) is 21.9. The van der Waals surface area contributed by atoms with Crippen molar-refractivity contribution in [2.45, 2.75) is 12.2 Å². The molecule has 0 spiro atoms. The number of ether oxygens (including phenoxy) is 1. The van der Waals surface area contributed by atoms with Crippen LogP contribution in [0.25, 0.3) is 0 Å². The molecule has 162 valence electrons. The number of nitrogens with two attached hydrogens (primary N) is 1. The summed E-state index contributed by atoms with van der Waals surface area (Å²) in [6.07, 6.45) is -3.40. The van der Waals surface area contributed by atoms with Crippen LogP contribution in [-0.2, 0) is 14.3 Å². The number of aliphatic hydroxyl groups excluding tert-OH is 1. The first-order valence-corrected chi connectivity index (χ1v) is 9.08. The number of anilines is 2.